The number of likely N-dealkylation sites (tertiary alicyclic amines) is 1. The largest absolute Gasteiger partial charge is 0.482 e. The number of nitrogens with zero attached hydrogens (tertiary/aromatic N) is 2. The number of benzene rings is 1. The van der Waals surface area contributed by atoms with Crippen molar-refractivity contribution in [2.24, 2.45) is 0 Å². The number of ether oxygens (including phenoxy) is 1. The second-order valence-corrected chi connectivity index (χ2v) is 7.20. The molecule has 0 unspecified atom stereocenters. The van der Waals surface area contributed by atoms with E-state index in [-0.39, 0.29) is 18.4 Å². The van der Waals surface area contributed by atoms with Gasteiger partial charge in [0.2, 0.25) is 5.91 Å². The fourth-order valence-electron chi connectivity index (χ4n) is 3.64. The van der Waals surface area contributed by atoms with Crippen LogP contribution in [0.4, 0.5) is 5.69 Å². The van der Waals surface area contributed by atoms with Crippen LogP contribution in [0.2, 0.25) is 0 Å². The molecule has 0 bridgehead atoms. The molecule has 2 amide bonds. The zero-order chi connectivity index (χ0) is 18.5. The summed E-state index contributed by atoms with van der Waals surface area (Å²) < 4.78 is 5.53. The molecule has 3 rings (SSSR count). The first kappa shape index (κ1) is 18.7. The van der Waals surface area contributed by atoms with Crippen LogP contribution in [0.5, 0.6) is 5.75 Å². The Kier molecular flexibility index (Phi) is 6.14. The van der Waals surface area contributed by atoms with Crippen molar-refractivity contribution < 1.29 is 14.3 Å². The summed E-state index contributed by atoms with van der Waals surface area (Å²) in [5.74, 6) is 0.968. The average Bonchev–Trinajstić information content (AvgIpc) is 2.65. The van der Waals surface area contributed by atoms with E-state index in [0.717, 1.165) is 55.9 Å². The highest BCUT2D eigenvalue weighted by molar-refractivity contribution is 5.97. The maximum Gasteiger partial charge on any atom is 0.265 e. The van der Waals surface area contributed by atoms with Crippen molar-refractivity contribution in [3.63, 3.8) is 0 Å². The normalized spacial score (nSPS) is 18.4. The summed E-state index contributed by atoms with van der Waals surface area (Å²) >= 11 is 0. The number of piperidine rings is 1. The van der Waals surface area contributed by atoms with Crippen molar-refractivity contribution in [1.82, 2.24) is 10.2 Å². The molecular weight excluding hydrogens is 330 g/mol. The molecule has 2 heterocycles. The highest BCUT2D eigenvalue weighted by Crippen LogP contribution is 2.32. The predicted octanol–water partition coefficient (Wildman–Crippen LogP) is 2.10. The van der Waals surface area contributed by atoms with E-state index < -0.39 is 0 Å². The second-order valence-electron chi connectivity index (χ2n) is 7.20. The van der Waals surface area contributed by atoms with Crippen molar-refractivity contribution in [1.29, 1.82) is 0 Å². The van der Waals surface area contributed by atoms with Crippen LogP contribution in [0.3, 0.4) is 0 Å². The minimum atomic E-state index is 0.0316. The third kappa shape index (κ3) is 4.55. The number of nitrogens with one attached hydrogen (secondary N) is 1. The van der Waals surface area contributed by atoms with Crippen LogP contribution in [0.1, 0.15) is 38.2 Å². The average molecular weight is 359 g/mol. The Balaban J connectivity index is 1.46. The molecule has 2 aliphatic heterocycles. The molecule has 26 heavy (non-hydrogen) atoms. The first-order chi connectivity index (χ1) is 12.6. The molecule has 0 aliphatic carbocycles. The van der Waals surface area contributed by atoms with Gasteiger partial charge >= 0.3 is 0 Å². The van der Waals surface area contributed by atoms with Gasteiger partial charge in [0.15, 0.2) is 6.61 Å². The molecule has 6 nitrogen and oxygen atoms in total. The van der Waals surface area contributed by atoms with Crippen molar-refractivity contribution in [3.05, 3.63) is 23.8 Å². The molecule has 1 aromatic carbocycles. The maximum absolute atomic E-state index is 12.3. The summed E-state index contributed by atoms with van der Waals surface area (Å²) in [5, 5.41) is 3.09. The van der Waals surface area contributed by atoms with Gasteiger partial charge in [-0.2, -0.15) is 0 Å². The van der Waals surface area contributed by atoms with Crippen molar-refractivity contribution in [3.8, 4) is 5.75 Å². The van der Waals surface area contributed by atoms with Crippen molar-refractivity contribution in [2.75, 3.05) is 37.7 Å². The third-order valence-corrected chi connectivity index (χ3v) is 5.19. The summed E-state index contributed by atoms with van der Waals surface area (Å²) in [7, 11) is 0. The lowest BCUT2D eigenvalue weighted by Gasteiger charge is -2.33. The SMILES string of the molecule is CCC(=O)NC1CCN(CCCN2C(=O)COc3ccc(C)cc32)CC1. The molecule has 1 fully saturated rings. The zero-order valence-corrected chi connectivity index (χ0v) is 15.8. The quantitative estimate of drug-likeness (QED) is 0.845. The van der Waals surface area contributed by atoms with Crippen LogP contribution >= 0.6 is 0 Å². The van der Waals surface area contributed by atoms with Crippen LogP contribution in [-0.4, -0.2) is 55.5 Å². The van der Waals surface area contributed by atoms with Gasteiger partial charge < -0.3 is 19.9 Å². The zero-order valence-electron chi connectivity index (χ0n) is 15.8. The lowest BCUT2D eigenvalue weighted by Crippen LogP contribution is -2.45. The number of rotatable bonds is 6. The van der Waals surface area contributed by atoms with Gasteiger partial charge in [-0.3, -0.25) is 9.59 Å². The van der Waals surface area contributed by atoms with Gasteiger partial charge in [0.1, 0.15) is 5.75 Å². The smallest absolute Gasteiger partial charge is 0.265 e. The van der Waals surface area contributed by atoms with Crippen LogP contribution in [-0.2, 0) is 9.59 Å². The topological polar surface area (TPSA) is 61.9 Å². The fourth-order valence-corrected chi connectivity index (χ4v) is 3.64. The molecular formula is C20H29N3O3. The highest BCUT2D eigenvalue weighted by Gasteiger charge is 2.26. The third-order valence-electron chi connectivity index (χ3n) is 5.19. The van der Waals surface area contributed by atoms with Gasteiger partial charge in [0, 0.05) is 32.1 Å². The molecule has 1 aromatic rings. The number of amides is 2. The Morgan fingerprint density at radius 2 is 2.04 bits per heavy atom. The van der Waals surface area contributed by atoms with Crippen LogP contribution in [0.25, 0.3) is 0 Å². The summed E-state index contributed by atoms with van der Waals surface area (Å²) in [4.78, 5) is 28.1. The van der Waals surface area contributed by atoms with E-state index in [1.54, 1.807) is 0 Å². The van der Waals surface area contributed by atoms with E-state index in [9.17, 15) is 9.59 Å². The molecule has 0 aromatic heterocycles. The number of fused-ring (bicyclic) bond motifs is 1. The predicted molar refractivity (Wildman–Crippen MR) is 102 cm³/mol. The molecule has 6 heteroatoms. The van der Waals surface area contributed by atoms with Gasteiger partial charge in [0.25, 0.3) is 5.91 Å². The standard InChI is InChI=1S/C20H29N3O3/c1-3-19(24)21-16-7-11-22(12-8-16)9-4-10-23-17-13-15(2)5-6-18(17)26-14-20(23)25/h5-6,13,16H,3-4,7-12,14H2,1-2H3,(H,21,24). The lowest BCUT2D eigenvalue weighted by atomic mass is 10.0. The van der Waals surface area contributed by atoms with Crippen LogP contribution < -0.4 is 15.0 Å². The molecule has 1 saturated heterocycles. The first-order valence-corrected chi connectivity index (χ1v) is 9.62. The van der Waals surface area contributed by atoms with Crippen LogP contribution in [0.15, 0.2) is 18.2 Å². The minimum Gasteiger partial charge on any atom is -0.482 e. The fraction of sp³-hybridized carbons (Fsp3) is 0.600. The first-order valence-electron chi connectivity index (χ1n) is 9.62. The van der Waals surface area contributed by atoms with Gasteiger partial charge in [-0.25, -0.2) is 0 Å². The molecule has 0 radical (unpaired) electrons. The Bertz CT molecular complexity index is 654. The van der Waals surface area contributed by atoms with Gasteiger partial charge in [-0.05, 0) is 50.4 Å². The van der Waals surface area contributed by atoms with E-state index in [1.165, 1.54) is 0 Å². The van der Waals surface area contributed by atoms with E-state index in [4.69, 9.17) is 4.74 Å². The van der Waals surface area contributed by atoms with E-state index in [1.807, 2.05) is 36.9 Å². The van der Waals surface area contributed by atoms with Gasteiger partial charge in [-0.15, -0.1) is 0 Å². The van der Waals surface area contributed by atoms with E-state index in [2.05, 4.69) is 10.2 Å². The summed E-state index contributed by atoms with van der Waals surface area (Å²) in [6, 6.07) is 6.29. The van der Waals surface area contributed by atoms with Gasteiger partial charge in [0.05, 0.1) is 5.69 Å². The molecule has 1 N–H and O–H groups in total. The summed E-state index contributed by atoms with van der Waals surface area (Å²) in [6.45, 7) is 7.73. The van der Waals surface area contributed by atoms with E-state index >= 15 is 0 Å². The van der Waals surface area contributed by atoms with Crippen molar-refractivity contribution >= 4 is 17.5 Å². The molecule has 142 valence electrons. The Morgan fingerprint density at radius 1 is 1.27 bits per heavy atom. The Hall–Kier alpha value is -2.08. The number of carbonyl (C=O) groups excluding carboxylic acids is 2. The number of aryl methyl sites for hydroxylation is 1. The Morgan fingerprint density at radius 3 is 2.77 bits per heavy atom. The van der Waals surface area contributed by atoms with E-state index in [0.29, 0.717) is 19.0 Å². The maximum atomic E-state index is 12.3. The molecule has 0 atom stereocenters. The van der Waals surface area contributed by atoms with Crippen LogP contribution in [0, 0.1) is 6.92 Å². The molecule has 2 aliphatic rings. The van der Waals surface area contributed by atoms with Crippen molar-refractivity contribution in [2.45, 2.75) is 45.6 Å². The van der Waals surface area contributed by atoms with Gasteiger partial charge in [-0.1, -0.05) is 13.0 Å². The summed E-state index contributed by atoms with van der Waals surface area (Å²) in [5.41, 5.74) is 2.02. The number of hydrogen-bond acceptors (Lipinski definition) is 4. The Labute approximate surface area is 155 Å². The monoisotopic (exact) mass is 359 g/mol. The lowest BCUT2D eigenvalue weighted by molar-refractivity contribution is -0.122. The summed E-state index contributed by atoms with van der Waals surface area (Å²) in [6.07, 6.45) is 3.49. The molecule has 0 saturated carbocycles. The second kappa shape index (κ2) is 8.54. The molecule has 0 spiro atoms. The number of hydrogen-bond donors (Lipinski definition) is 1. The number of carbonyl (C=O) groups is 2. The minimum absolute atomic E-state index is 0.0316. The number of anilines is 1. The highest BCUT2D eigenvalue weighted by atomic mass is 16.5.